The second-order valence-corrected chi connectivity index (χ2v) is 10.3. The number of carbonyl (C=O) groups is 2. The van der Waals surface area contributed by atoms with Gasteiger partial charge in [0.25, 0.3) is 5.56 Å². The molecule has 0 bridgehead atoms. The van der Waals surface area contributed by atoms with Crippen LogP contribution in [0.3, 0.4) is 0 Å². The predicted octanol–water partition coefficient (Wildman–Crippen LogP) is 1.68. The maximum Gasteiger partial charge on any atom is 0.337 e. The molecule has 1 aliphatic heterocycles. The van der Waals surface area contributed by atoms with Crippen molar-refractivity contribution < 1.29 is 14.3 Å². The van der Waals surface area contributed by atoms with Crippen LogP contribution in [0.2, 0.25) is 5.02 Å². The van der Waals surface area contributed by atoms with Crippen molar-refractivity contribution in [1.29, 1.82) is 0 Å². The van der Waals surface area contributed by atoms with E-state index in [0.29, 0.717) is 66.1 Å². The molecule has 214 valence electrons. The van der Waals surface area contributed by atoms with Crippen molar-refractivity contribution in [3.8, 4) is 0 Å². The van der Waals surface area contributed by atoms with Gasteiger partial charge >= 0.3 is 11.7 Å². The van der Waals surface area contributed by atoms with Crippen LogP contribution < -0.4 is 21.5 Å². The van der Waals surface area contributed by atoms with E-state index in [-0.39, 0.29) is 12.5 Å². The van der Waals surface area contributed by atoms with E-state index in [0.717, 1.165) is 10.1 Å². The largest absolute Gasteiger partial charge is 0.465 e. The fraction of sp³-hybridized carbons (Fsp3) is 0.321. The van der Waals surface area contributed by atoms with Crippen LogP contribution in [0.15, 0.2) is 58.1 Å². The highest BCUT2D eigenvalue weighted by Gasteiger charge is 2.26. The standard InChI is InChI=1S/C28H30ClN7O5/c1-32-24-23(25(38)33(2)28(32)40)36(16-18-4-8-20(29)9-5-18)27(31-24)35-14-12-34(13-15-35)17-22(37)30-21-10-6-19(7-11-21)26(39)41-3/h4-11H,12-17H2,1-3H3,(H,30,37). The summed E-state index contributed by atoms with van der Waals surface area (Å²) in [5, 5.41) is 3.47. The molecule has 0 spiro atoms. The van der Waals surface area contributed by atoms with Crippen LogP contribution in [0.5, 0.6) is 0 Å². The lowest BCUT2D eigenvalue weighted by molar-refractivity contribution is -0.117. The van der Waals surface area contributed by atoms with Crippen LogP contribution in [0.4, 0.5) is 11.6 Å². The third-order valence-corrected chi connectivity index (χ3v) is 7.45. The monoisotopic (exact) mass is 579 g/mol. The Bertz CT molecular complexity index is 1720. The van der Waals surface area contributed by atoms with E-state index >= 15 is 0 Å². The van der Waals surface area contributed by atoms with Crippen LogP contribution in [0, 0.1) is 0 Å². The van der Waals surface area contributed by atoms with E-state index in [9.17, 15) is 19.2 Å². The third kappa shape index (κ3) is 5.74. The number of imidazole rings is 1. The molecule has 1 amide bonds. The molecule has 1 aliphatic rings. The van der Waals surface area contributed by atoms with E-state index in [1.54, 1.807) is 43.4 Å². The summed E-state index contributed by atoms with van der Waals surface area (Å²) in [7, 11) is 4.38. The van der Waals surface area contributed by atoms with Gasteiger partial charge in [-0.2, -0.15) is 4.98 Å². The Morgan fingerprint density at radius 3 is 2.24 bits per heavy atom. The molecule has 0 atom stereocenters. The number of fused-ring (bicyclic) bond motifs is 1. The fourth-order valence-electron chi connectivity index (χ4n) is 4.92. The van der Waals surface area contributed by atoms with E-state index in [1.165, 1.54) is 18.7 Å². The molecule has 3 heterocycles. The SMILES string of the molecule is COC(=O)c1ccc(NC(=O)CN2CCN(c3nc4c(c(=O)n(C)c(=O)n4C)n3Cc3ccc(Cl)cc3)CC2)cc1. The number of methoxy groups -OCH3 is 1. The Morgan fingerprint density at radius 1 is 0.951 bits per heavy atom. The summed E-state index contributed by atoms with van der Waals surface area (Å²) in [6, 6.07) is 13.9. The topological polar surface area (TPSA) is 124 Å². The predicted molar refractivity (Wildman–Crippen MR) is 156 cm³/mol. The first kappa shape index (κ1) is 28.1. The number of ether oxygens (including phenoxy) is 1. The zero-order chi connectivity index (χ0) is 29.3. The summed E-state index contributed by atoms with van der Waals surface area (Å²) < 4.78 is 9.02. The first-order chi connectivity index (χ1) is 19.7. The van der Waals surface area contributed by atoms with Crippen molar-refractivity contribution in [2.45, 2.75) is 6.54 Å². The average Bonchev–Trinajstić information content (AvgIpc) is 3.35. The van der Waals surface area contributed by atoms with Gasteiger partial charge in [0.1, 0.15) is 0 Å². The maximum absolute atomic E-state index is 13.2. The zero-order valence-electron chi connectivity index (χ0n) is 23.0. The van der Waals surface area contributed by atoms with Crippen molar-refractivity contribution in [2.24, 2.45) is 14.1 Å². The molecule has 0 saturated carbocycles. The number of hydrogen-bond acceptors (Lipinski definition) is 8. The van der Waals surface area contributed by atoms with Crippen LogP contribution in [0.25, 0.3) is 11.2 Å². The minimum atomic E-state index is -0.444. The van der Waals surface area contributed by atoms with Crippen molar-refractivity contribution in [3.05, 3.63) is 85.5 Å². The molecular formula is C28H30ClN7O5. The number of carbonyl (C=O) groups excluding carboxylic acids is 2. The first-order valence-corrected chi connectivity index (χ1v) is 13.4. The zero-order valence-corrected chi connectivity index (χ0v) is 23.7. The van der Waals surface area contributed by atoms with E-state index < -0.39 is 17.2 Å². The van der Waals surface area contributed by atoms with Gasteiger partial charge in [-0.3, -0.25) is 28.2 Å². The summed E-state index contributed by atoms with van der Waals surface area (Å²) >= 11 is 6.08. The van der Waals surface area contributed by atoms with Crippen LogP contribution >= 0.6 is 11.6 Å². The molecule has 1 saturated heterocycles. The van der Waals surface area contributed by atoms with E-state index in [4.69, 9.17) is 21.3 Å². The number of hydrogen-bond donors (Lipinski definition) is 1. The smallest absolute Gasteiger partial charge is 0.337 e. The summed E-state index contributed by atoms with van der Waals surface area (Å²) in [5.74, 6) is -0.0224. The molecule has 0 unspecified atom stereocenters. The van der Waals surface area contributed by atoms with E-state index in [2.05, 4.69) is 10.2 Å². The molecule has 0 radical (unpaired) electrons. The fourth-order valence-corrected chi connectivity index (χ4v) is 5.04. The lowest BCUT2D eigenvalue weighted by Crippen LogP contribution is -2.49. The molecule has 41 heavy (non-hydrogen) atoms. The molecule has 4 aromatic rings. The average molecular weight is 580 g/mol. The van der Waals surface area contributed by atoms with Gasteiger partial charge in [-0.1, -0.05) is 23.7 Å². The number of benzene rings is 2. The Balaban J connectivity index is 1.33. The van der Waals surface area contributed by atoms with Crippen molar-refractivity contribution in [2.75, 3.05) is 50.1 Å². The summed E-state index contributed by atoms with van der Waals surface area (Å²) in [4.78, 5) is 59.0. The minimum Gasteiger partial charge on any atom is -0.465 e. The number of halogens is 1. The Kier molecular flexibility index (Phi) is 7.95. The Labute approximate surface area is 240 Å². The van der Waals surface area contributed by atoms with Crippen LogP contribution in [0.1, 0.15) is 15.9 Å². The van der Waals surface area contributed by atoms with Crippen LogP contribution in [-0.4, -0.2) is 75.3 Å². The molecule has 2 aromatic carbocycles. The number of amides is 1. The highest BCUT2D eigenvalue weighted by molar-refractivity contribution is 6.30. The molecule has 5 rings (SSSR count). The molecule has 1 fully saturated rings. The van der Waals surface area contributed by atoms with Gasteiger partial charge in [0.15, 0.2) is 11.2 Å². The highest BCUT2D eigenvalue weighted by atomic mass is 35.5. The molecule has 0 aliphatic carbocycles. The number of rotatable bonds is 7. The van der Waals surface area contributed by atoms with E-state index in [1.807, 2.05) is 21.6 Å². The van der Waals surface area contributed by atoms with Crippen molar-refractivity contribution >= 4 is 46.3 Å². The molecule has 1 N–H and O–H groups in total. The van der Waals surface area contributed by atoms with Crippen molar-refractivity contribution in [3.63, 3.8) is 0 Å². The van der Waals surface area contributed by atoms with Crippen LogP contribution in [-0.2, 0) is 30.2 Å². The quantitative estimate of drug-likeness (QED) is 0.328. The van der Waals surface area contributed by atoms with Crippen molar-refractivity contribution in [1.82, 2.24) is 23.6 Å². The Hall–Kier alpha value is -4.42. The number of aromatic nitrogens is 4. The molecular weight excluding hydrogens is 550 g/mol. The molecule has 2 aromatic heterocycles. The highest BCUT2D eigenvalue weighted by Crippen LogP contribution is 2.23. The third-order valence-electron chi connectivity index (χ3n) is 7.19. The van der Waals surface area contributed by atoms with Gasteiger partial charge in [0.2, 0.25) is 11.9 Å². The second kappa shape index (κ2) is 11.6. The number of esters is 1. The summed E-state index contributed by atoms with van der Waals surface area (Å²) in [6.07, 6.45) is 0. The molecule has 13 heteroatoms. The number of nitrogens with zero attached hydrogens (tertiary/aromatic N) is 6. The summed E-state index contributed by atoms with van der Waals surface area (Å²) in [6.45, 7) is 2.89. The Morgan fingerprint density at radius 2 is 1.61 bits per heavy atom. The van der Waals surface area contributed by atoms with Gasteiger partial charge in [0.05, 0.1) is 25.8 Å². The number of piperazine rings is 1. The maximum atomic E-state index is 13.2. The number of anilines is 2. The lowest BCUT2D eigenvalue weighted by atomic mass is 10.2. The van der Waals surface area contributed by atoms with Gasteiger partial charge in [-0.25, -0.2) is 9.59 Å². The first-order valence-electron chi connectivity index (χ1n) is 13.0. The summed E-state index contributed by atoms with van der Waals surface area (Å²) in [5.41, 5.74) is 1.74. The number of aryl methyl sites for hydroxylation is 1. The van der Waals surface area contributed by atoms with Gasteiger partial charge < -0.3 is 15.0 Å². The number of nitrogens with one attached hydrogen (secondary N) is 1. The normalized spacial score (nSPS) is 13.9. The van der Waals surface area contributed by atoms with Gasteiger partial charge in [-0.15, -0.1) is 0 Å². The van der Waals surface area contributed by atoms with Gasteiger partial charge in [0, 0.05) is 51.0 Å². The minimum absolute atomic E-state index is 0.169. The van der Waals surface area contributed by atoms with Gasteiger partial charge in [-0.05, 0) is 42.0 Å². The lowest BCUT2D eigenvalue weighted by Gasteiger charge is -2.35. The molecule has 12 nitrogen and oxygen atoms in total. The second-order valence-electron chi connectivity index (χ2n) is 9.88.